The van der Waals surface area contributed by atoms with Gasteiger partial charge in [0.05, 0.1) is 31.0 Å². The first-order valence-corrected chi connectivity index (χ1v) is 10.1. The molecule has 0 saturated carbocycles. The Balaban J connectivity index is 2.10. The smallest absolute Gasteiger partial charge is 0.357 e. The van der Waals surface area contributed by atoms with Gasteiger partial charge in [0.1, 0.15) is 11.3 Å². The highest BCUT2D eigenvalue weighted by Gasteiger charge is 2.29. The van der Waals surface area contributed by atoms with E-state index in [1.165, 1.54) is 14.2 Å². The predicted octanol–water partition coefficient (Wildman–Crippen LogP) is 3.31. The van der Waals surface area contributed by atoms with Crippen LogP contribution < -0.4 is 10.6 Å². The molecule has 0 aliphatic heterocycles. The molecule has 0 spiro atoms. The summed E-state index contributed by atoms with van der Waals surface area (Å²) < 4.78 is 11.3. The maximum Gasteiger partial charge on any atom is 0.357 e. The normalized spacial score (nSPS) is 10.8. The molecule has 0 aliphatic rings. The molecular formula is C24H23N5O4. The number of para-hydroxylation sites is 1. The van der Waals surface area contributed by atoms with E-state index in [4.69, 9.17) is 20.3 Å². The van der Waals surface area contributed by atoms with Gasteiger partial charge in [-0.3, -0.25) is 0 Å². The predicted molar refractivity (Wildman–Crippen MR) is 126 cm³/mol. The molecule has 2 heterocycles. The summed E-state index contributed by atoms with van der Waals surface area (Å²) in [5.41, 5.74) is 9.48. The Hall–Kier alpha value is -4.40. The number of rotatable bonds is 5. The Morgan fingerprint density at radius 2 is 1.58 bits per heavy atom. The zero-order chi connectivity index (χ0) is 23.7. The van der Waals surface area contributed by atoms with Crippen molar-refractivity contribution in [3.63, 3.8) is 0 Å². The molecule has 0 unspecified atom stereocenters. The minimum atomic E-state index is -0.804. The number of nitrogens with two attached hydrogens (primary N) is 1. The summed E-state index contributed by atoms with van der Waals surface area (Å²) in [7, 11) is 6.32. The van der Waals surface area contributed by atoms with Crippen molar-refractivity contribution >= 4 is 34.3 Å². The van der Waals surface area contributed by atoms with E-state index in [2.05, 4.69) is 4.98 Å². The Kier molecular flexibility index (Phi) is 5.70. The van der Waals surface area contributed by atoms with Crippen LogP contribution in [-0.4, -0.2) is 55.0 Å². The molecular weight excluding hydrogens is 422 g/mol. The molecule has 168 valence electrons. The molecule has 2 aromatic heterocycles. The Labute approximate surface area is 190 Å². The number of carbonyl (C=O) groups is 2. The van der Waals surface area contributed by atoms with E-state index in [1.54, 1.807) is 4.68 Å². The third-order valence-electron chi connectivity index (χ3n) is 5.28. The number of nitrogen functional groups attached to an aromatic ring is 1. The molecule has 4 aromatic rings. The Bertz CT molecular complexity index is 1350. The second-order valence-corrected chi connectivity index (χ2v) is 7.47. The van der Waals surface area contributed by atoms with Gasteiger partial charge >= 0.3 is 11.9 Å². The molecule has 0 radical (unpaired) electrons. The lowest BCUT2D eigenvalue weighted by Crippen LogP contribution is -2.17. The van der Waals surface area contributed by atoms with Crippen LogP contribution in [0.1, 0.15) is 20.8 Å². The molecule has 0 fully saturated rings. The SMILES string of the molecule is COC(=O)c1nc2c(c(-c3ccc(N(C)C)cc3)nn2-c2ccccc2)c(N)c1C(=O)OC. The Morgan fingerprint density at radius 1 is 0.939 bits per heavy atom. The van der Waals surface area contributed by atoms with Crippen LogP contribution in [0, 0.1) is 0 Å². The van der Waals surface area contributed by atoms with Gasteiger partial charge in [0.25, 0.3) is 0 Å². The number of anilines is 2. The highest BCUT2D eigenvalue weighted by Crippen LogP contribution is 2.36. The minimum absolute atomic E-state index is 0.0427. The maximum absolute atomic E-state index is 12.6. The van der Waals surface area contributed by atoms with Crippen molar-refractivity contribution < 1.29 is 19.1 Å². The van der Waals surface area contributed by atoms with Crippen LogP contribution in [0.5, 0.6) is 0 Å². The van der Waals surface area contributed by atoms with Gasteiger partial charge in [-0.05, 0) is 24.3 Å². The summed E-state index contributed by atoms with van der Waals surface area (Å²) in [6, 6.07) is 17.1. The van der Waals surface area contributed by atoms with Gasteiger partial charge in [-0.15, -0.1) is 0 Å². The van der Waals surface area contributed by atoms with Crippen molar-refractivity contribution in [3.05, 3.63) is 65.9 Å². The van der Waals surface area contributed by atoms with Gasteiger partial charge in [0, 0.05) is 25.3 Å². The fourth-order valence-electron chi connectivity index (χ4n) is 3.60. The highest BCUT2D eigenvalue weighted by molar-refractivity contribution is 6.14. The van der Waals surface area contributed by atoms with Gasteiger partial charge in [-0.25, -0.2) is 19.3 Å². The molecule has 4 rings (SSSR count). The Morgan fingerprint density at radius 3 is 2.15 bits per heavy atom. The summed E-state index contributed by atoms with van der Waals surface area (Å²) in [6.07, 6.45) is 0. The number of pyridine rings is 1. The fourth-order valence-corrected chi connectivity index (χ4v) is 3.60. The van der Waals surface area contributed by atoms with Gasteiger partial charge < -0.3 is 20.1 Å². The number of nitrogens with zero attached hydrogens (tertiary/aromatic N) is 4. The van der Waals surface area contributed by atoms with Gasteiger partial charge in [0.15, 0.2) is 11.3 Å². The monoisotopic (exact) mass is 445 g/mol. The average Bonchev–Trinajstić information content (AvgIpc) is 3.23. The lowest BCUT2D eigenvalue weighted by Gasteiger charge is -2.13. The van der Waals surface area contributed by atoms with Gasteiger partial charge in [-0.2, -0.15) is 5.10 Å². The van der Waals surface area contributed by atoms with Crippen LogP contribution in [0.15, 0.2) is 54.6 Å². The number of fused-ring (bicyclic) bond motifs is 1. The van der Waals surface area contributed by atoms with Crippen molar-refractivity contribution in [2.45, 2.75) is 0 Å². The van der Waals surface area contributed by atoms with E-state index in [9.17, 15) is 9.59 Å². The first-order valence-electron chi connectivity index (χ1n) is 10.1. The number of benzene rings is 2. The maximum atomic E-state index is 12.6. The molecule has 0 bridgehead atoms. The number of methoxy groups -OCH3 is 2. The van der Waals surface area contributed by atoms with Crippen molar-refractivity contribution in [2.75, 3.05) is 38.9 Å². The molecule has 9 nitrogen and oxygen atoms in total. The minimum Gasteiger partial charge on any atom is -0.465 e. The zero-order valence-electron chi connectivity index (χ0n) is 18.7. The van der Waals surface area contributed by atoms with E-state index in [0.717, 1.165) is 11.3 Å². The molecule has 0 atom stereocenters. The number of carbonyl (C=O) groups excluding carboxylic acids is 2. The topological polar surface area (TPSA) is 113 Å². The molecule has 2 N–H and O–H groups in total. The van der Waals surface area contributed by atoms with Crippen LogP contribution in [0.4, 0.5) is 11.4 Å². The van der Waals surface area contributed by atoms with E-state index in [-0.39, 0.29) is 16.9 Å². The van der Waals surface area contributed by atoms with Crippen molar-refractivity contribution in [3.8, 4) is 16.9 Å². The zero-order valence-corrected chi connectivity index (χ0v) is 18.7. The molecule has 2 aromatic carbocycles. The van der Waals surface area contributed by atoms with Crippen LogP contribution in [0.25, 0.3) is 28.0 Å². The van der Waals surface area contributed by atoms with Gasteiger partial charge in [-0.1, -0.05) is 30.3 Å². The second kappa shape index (κ2) is 8.62. The number of hydrogen-bond donors (Lipinski definition) is 1. The highest BCUT2D eigenvalue weighted by atomic mass is 16.5. The molecule has 0 saturated heterocycles. The number of ether oxygens (including phenoxy) is 2. The molecule has 0 aliphatic carbocycles. The van der Waals surface area contributed by atoms with Crippen LogP contribution in [-0.2, 0) is 9.47 Å². The van der Waals surface area contributed by atoms with Crippen molar-refractivity contribution in [2.24, 2.45) is 0 Å². The first kappa shape index (κ1) is 21.8. The molecule has 0 amide bonds. The lowest BCUT2D eigenvalue weighted by molar-refractivity contribution is 0.0551. The average molecular weight is 445 g/mol. The number of hydrogen-bond acceptors (Lipinski definition) is 8. The summed E-state index contributed by atoms with van der Waals surface area (Å²) >= 11 is 0. The first-order chi connectivity index (χ1) is 15.9. The van der Waals surface area contributed by atoms with Crippen LogP contribution >= 0.6 is 0 Å². The van der Waals surface area contributed by atoms with Crippen molar-refractivity contribution in [1.29, 1.82) is 0 Å². The fraction of sp³-hybridized carbons (Fsp3) is 0.167. The quantitative estimate of drug-likeness (QED) is 0.466. The largest absolute Gasteiger partial charge is 0.465 e. The summed E-state index contributed by atoms with van der Waals surface area (Å²) in [5.74, 6) is -1.59. The number of aromatic nitrogens is 3. The molecule has 33 heavy (non-hydrogen) atoms. The van der Waals surface area contributed by atoms with Gasteiger partial charge in [0.2, 0.25) is 0 Å². The second-order valence-electron chi connectivity index (χ2n) is 7.47. The van der Waals surface area contributed by atoms with E-state index in [1.807, 2.05) is 73.6 Å². The molecule has 9 heteroatoms. The van der Waals surface area contributed by atoms with E-state index in [0.29, 0.717) is 22.4 Å². The third kappa shape index (κ3) is 3.73. The van der Waals surface area contributed by atoms with Crippen LogP contribution in [0.3, 0.4) is 0 Å². The summed E-state index contributed by atoms with van der Waals surface area (Å²) in [6.45, 7) is 0. The van der Waals surface area contributed by atoms with E-state index >= 15 is 0 Å². The number of esters is 2. The summed E-state index contributed by atoms with van der Waals surface area (Å²) in [5, 5.41) is 5.21. The third-order valence-corrected chi connectivity index (χ3v) is 5.28. The van der Waals surface area contributed by atoms with E-state index < -0.39 is 11.9 Å². The lowest BCUT2D eigenvalue weighted by atomic mass is 10.0. The standard InChI is InChI=1S/C24H23N5O4/c1-28(2)15-12-10-14(11-13-15)20-17-19(25)18(23(30)32-3)21(24(31)33-4)26-22(17)29(27-20)16-8-6-5-7-9-16/h5-13H,1-4H3,(H2,25,26). The summed E-state index contributed by atoms with van der Waals surface area (Å²) in [4.78, 5) is 31.5. The van der Waals surface area contributed by atoms with Crippen LogP contribution in [0.2, 0.25) is 0 Å². The van der Waals surface area contributed by atoms with Crippen molar-refractivity contribution in [1.82, 2.24) is 14.8 Å².